The van der Waals surface area contributed by atoms with Gasteiger partial charge in [-0.3, -0.25) is 4.98 Å². The predicted molar refractivity (Wildman–Crippen MR) is 169 cm³/mol. The van der Waals surface area contributed by atoms with Crippen molar-refractivity contribution in [2.75, 3.05) is 0 Å². The van der Waals surface area contributed by atoms with Gasteiger partial charge in [-0.05, 0) is 40.9 Å². The maximum absolute atomic E-state index is 4.77. The van der Waals surface area contributed by atoms with E-state index in [1.54, 1.807) is 5.20 Å². The third kappa shape index (κ3) is 7.16. The molecule has 1 radical (unpaired) electrons. The highest BCUT2D eigenvalue weighted by molar-refractivity contribution is 6.54. The predicted octanol–water partition coefficient (Wildman–Crippen LogP) is 6.64. The average molecular weight is 524 g/mol. The van der Waals surface area contributed by atoms with Gasteiger partial charge in [-0.25, -0.2) is 0 Å². The molecule has 39 heavy (non-hydrogen) atoms. The third-order valence-electron chi connectivity index (χ3n) is 7.55. The Balaban J connectivity index is 1.31. The lowest BCUT2D eigenvalue weighted by Crippen LogP contribution is -2.33. The van der Waals surface area contributed by atoms with Crippen LogP contribution in [-0.4, -0.2) is 26.4 Å². The number of hydrogen-bond donors (Lipinski definition) is 0. The lowest BCUT2D eigenvalue weighted by atomic mass is 9.58. The molecule has 1 heterocycles. The summed E-state index contributed by atoms with van der Waals surface area (Å²) in [4.78, 5) is 4.77. The van der Waals surface area contributed by atoms with Crippen LogP contribution in [0.25, 0.3) is 0 Å². The Morgan fingerprint density at radius 3 is 1.72 bits per heavy atom. The Morgan fingerprint density at radius 2 is 1.23 bits per heavy atom. The fourth-order valence-corrected chi connectivity index (χ4v) is 6.96. The summed E-state index contributed by atoms with van der Waals surface area (Å²) >= 11 is 0. The Morgan fingerprint density at radius 1 is 0.744 bits per heavy atom. The molecule has 0 aliphatic heterocycles. The third-order valence-corrected chi connectivity index (χ3v) is 9.69. The summed E-state index contributed by atoms with van der Waals surface area (Å²) in [6.45, 7) is 2.31. The van der Waals surface area contributed by atoms with Gasteiger partial charge < -0.3 is 4.57 Å². The van der Waals surface area contributed by atoms with Crippen LogP contribution in [-0.2, 0) is 6.17 Å². The minimum absolute atomic E-state index is 0.175. The molecule has 4 heteroatoms. The number of aromatic nitrogens is 2. The lowest BCUT2D eigenvalue weighted by molar-refractivity contribution is 0.823. The number of hydrogen-bond acceptors (Lipinski definition) is 1. The molecule has 4 aromatic carbocycles. The van der Waals surface area contributed by atoms with Gasteiger partial charge in [0.1, 0.15) is 0 Å². The van der Waals surface area contributed by atoms with Crippen LogP contribution in [0.1, 0.15) is 53.8 Å². The number of imidazole rings is 1. The molecular formula is C35H36BN2Si. The summed E-state index contributed by atoms with van der Waals surface area (Å²) < 4.78 is 2.36. The first-order valence-electron chi connectivity index (χ1n) is 14.1. The molecule has 193 valence electrons. The van der Waals surface area contributed by atoms with Crippen molar-refractivity contribution < 1.29 is 0 Å². The molecule has 0 N–H and O–H groups in total. The van der Waals surface area contributed by atoms with E-state index in [0.29, 0.717) is 5.92 Å². The maximum atomic E-state index is 4.77. The molecule has 0 bridgehead atoms. The molecule has 0 saturated carbocycles. The molecule has 0 spiro atoms. The molecule has 0 saturated heterocycles. The van der Waals surface area contributed by atoms with E-state index >= 15 is 0 Å². The van der Waals surface area contributed by atoms with Crippen LogP contribution in [0.15, 0.2) is 145 Å². The Labute approximate surface area is 236 Å². The second kappa shape index (κ2) is 13.8. The van der Waals surface area contributed by atoms with Crippen molar-refractivity contribution in [3.8, 4) is 0 Å². The van der Waals surface area contributed by atoms with E-state index in [0.717, 1.165) is 24.7 Å². The zero-order valence-corrected chi connectivity index (χ0v) is 24.1. The van der Waals surface area contributed by atoms with Crippen molar-refractivity contribution >= 4 is 22.5 Å². The van der Waals surface area contributed by atoms with Crippen molar-refractivity contribution in [1.82, 2.24) is 9.55 Å². The van der Waals surface area contributed by atoms with Crippen LogP contribution in [0.2, 0.25) is 0 Å². The fourth-order valence-electron chi connectivity index (χ4n) is 5.33. The standard InChI is InChI=1S/C35H36BN2Si/c1-2-32(23-24-33(28-15-7-3-8-16-28)29-17-9-4-10-18-29)39-27-38-26-25-37-35(38)36-34(30-19-11-5-12-20-30)31-21-13-6-14-22-31/h3-23,25-26,33-34H,2,24,27,39H2,1H3. The largest absolute Gasteiger partial charge is 0.347 e. The lowest BCUT2D eigenvalue weighted by Gasteiger charge is -2.19. The molecule has 5 rings (SSSR count). The fraction of sp³-hybridized carbons (Fsp3) is 0.171. The first kappa shape index (κ1) is 26.7. The Hall–Kier alpha value is -3.89. The smallest absolute Gasteiger partial charge is 0.215 e. The van der Waals surface area contributed by atoms with E-state index < -0.39 is 9.52 Å². The number of allylic oxidation sites excluding steroid dienone is 2. The van der Waals surface area contributed by atoms with Gasteiger partial charge in [-0.2, -0.15) is 0 Å². The first-order valence-corrected chi connectivity index (χ1v) is 15.8. The molecule has 0 amide bonds. The summed E-state index contributed by atoms with van der Waals surface area (Å²) in [7, 11) is 1.87. The van der Waals surface area contributed by atoms with Crippen LogP contribution in [0, 0.1) is 0 Å². The highest BCUT2D eigenvalue weighted by atomic mass is 28.2. The molecule has 2 nitrogen and oxygen atoms in total. The summed E-state index contributed by atoms with van der Waals surface area (Å²) in [5.41, 5.74) is 6.41. The molecule has 5 aromatic rings. The van der Waals surface area contributed by atoms with Crippen molar-refractivity contribution in [3.63, 3.8) is 0 Å². The monoisotopic (exact) mass is 523 g/mol. The number of benzene rings is 4. The van der Waals surface area contributed by atoms with Crippen LogP contribution in [0.3, 0.4) is 0 Å². The van der Waals surface area contributed by atoms with E-state index in [9.17, 15) is 0 Å². The highest BCUT2D eigenvalue weighted by Gasteiger charge is 2.19. The van der Waals surface area contributed by atoms with Gasteiger partial charge >= 0.3 is 0 Å². The molecule has 0 unspecified atom stereocenters. The maximum Gasteiger partial charge on any atom is 0.215 e. The van der Waals surface area contributed by atoms with Crippen LogP contribution in [0.5, 0.6) is 0 Å². The minimum atomic E-state index is -0.463. The Bertz CT molecular complexity index is 1350. The van der Waals surface area contributed by atoms with Gasteiger partial charge in [-0.1, -0.05) is 140 Å². The van der Waals surface area contributed by atoms with Crippen molar-refractivity contribution in [2.45, 2.75) is 37.7 Å². The quantitative estimate of drug-likeness (QED) is 0.168. The van der Waals surface area contributed by atoms with Gasteiger partial charge in [-0.15, -0.1) is 0 Å². The van der Waals surface area contributed by atoms with Crippen molar-refractivity contribution in [1.29, 1.82) is 0 Å². The summed E-state index contributed by atoms with van der Waals surface area (Å²) in [6.07, 6.45) is 9.85. The second-order valence-corrected chi connectivity index (χ2v) is 11.9. The SMILES string of the molecule is CCC(=CCC(c1ccccc1)c1ccccc1)[SiH2]Cn1ccnc1[B]C(c1ccccc1)c1ccccc1. The van der Waals surface area contributed by atoms with E-state index in [-0.39, 0.29) is 5.82 Å². The zero-order chi connectivity index (χ0) is 26.7. The van der Waals surface area contributed by atoms with E-state index in [1.165, 1.54) is 22.3 Å². The van der Waals surface area contributed by atoms with Crippen molar-refractivity contribution in [2.24, 2.45) is 0 Å². The van der Waals surface area contributed by atoms with Crippen molar-refractivity contribution in [3.05, 3.63) is 167 Å². The van der Waals surface area contributed by atoms with Gasteiger partial charge in [0, 0.05) is 24.5 Å². The summed E-state index contributed by atoms with van der Waals surface area (Å²) in [6, 6.07) is 43.4. The van der Waals surface area contributed by atoms with E-state index in [4.69, 9.17) is 4.98 Å². The van der Waals surface area contributed by atoms with Crippen LogP contribution >= 0.6 is 0 Å². The molecule has 0 atom stereocenters. The second-order valence-electron chi connectivity index (χ2n) is 10.0. The number of rotatable bonds is 12. The van der Waals surface area contributed by atoms with Crippen LogP contribution < -0.4 is 5.72 Å². The van der Waals surface area contributed by atoms with Crippen LogP contribution in [0.4, 0.5) is 0 Å². The van der Waals surface area contributed by atoms with Gasteiger partial charge in [0.25, 0.3) is 0 Å². The topological polar surface area (TPSA) is 17.8 Å². The molecular weight excluding hydrogens is 487 g/mol. The van der Waals surface area contributed by atoms with E-state index in [2.05, 4.69) is 152 Å². The van der Waals surface area contributed by atoms with Gasteiger partial charge in [0.15, 0.2) is 0 Å². The first-order chi connectivity index (χ1) is 19.3. The Kier molecular flexibility index (Phi) is 9.43. The molecule has 0 aliphatic carbocycles. The van der Waals surface area contributed by atoms with Gasteiger partial charge in [0.05, 0.1) is 15.2 Å². The summed E-state index contributed by atoms with van der Waals surface area (Å²) in [5.74, 6) is 0.562. The average Bonchev–Trinajstić information content (AvgIpc) is 3.46. The van der Waals surface area contributed by atoms with E-state index in [1.807, 2.05) is 6.20 Å². The zero-order valence-electron chi connectivity index (χ0n) is 22.7. The summed E-state index contributed by atoms with van der Waals surface area (Å²) in [5, 5.41) is 1.63. The number of nitrogens with zero attached hydrogens (tertiary/aromatic N) is 2. The van der Waals surface area contributed by atoms with Gasteiger partial charge in [0.2, 0.25) is 7.28 Å². The minimum Gasteiger partial charge on any atom is -0.347 e. The molecule has 1 aromatic heterocycles. The highest BCUT2D eigenvalue weighted by Crippen LogP contribution is 2.29. The normalized spacial score (nSPS) is 12.0. The molecule has 0 aliphatic rings. The molecule has 0 fully saturated rings.